The molecule has 0 bridgehead atoms. The Kier molecular flexibility index (Phi) is 8.68. The van der Waals surface area contributed by atoms with Crippen LogP contribution in [0.25, 0.3) is 87.2 Å². The lowest BCUT2D eigenvalue weighted by atomic mass is 9.93. The quantitative estimate of drug-likeness (QED) is 0.154. The summed E-state index contributed by atoms with van der Waals surface area (Å²) in [6.07, 6.45) is 0. The minimum absolute atomic E-state index is 0.647. The van der Waals surface area contributed by atoms with Crippen LogP contribution in [0.5, 0.6) is 0 Å². The topological polar surface area (TPSA) is 29.3 Å². The second kappa shape index (κ2) is 14.8. The molecule has 9 aromatic carbocycles. The molecule has 0 atom stereocenters. The molecule has 0 fully saturated rings. The number of oxazole rings is 1. The molecule has 0 spiro atoms. The molecule has 11 aromatic rings. The number of benzene rings is 9. The van der Waals surface area contributed by atoms with E-state index in [2.05, 4.69) is 193 Å². The van der Waals surface area contributed by atoms with Crippen molar-refractivity contribution in [2.45, 2.75) is 0 Å². The number of aromatic nitrogens is 1. The minimum atomic E-state index is 0.647. The summed E-state index contributed by atoms with van der Waals surface area (Å²) in [5, 5.41) is 2.42. The number of fused-ring (bicyclic) bond motifs is 4. The fourth-order valence-electron chi connectivity index (χ4n) is 8.19. The van der Waals surface area contributed by atoms with E-state index in [1.54, 1.807) is 11.3 Å². The van der Waals surface area contributed by atoms with Gasteiger partial charge in [0.05, 0.1) is 0 Å². The lowest BCUT2D eigenvalue weighted by Crippen LogP contribution is -2.10. The van der Waals surface area contributed by atoms with Crippen molar-refractivity contribution in [1.29, 1.82) is 0 Å². The van der Waals surface area contributed by atoms with Crippen LogP contribution in [0.15, 0.2) is 223 Å². The van der Waals surface area contributed by atoms with Crippen LogP contribution in [0.4, 0.5) is 17.1 Å². The highest BCUT2D eigenvalue weighted by Crippen LogP contribution is 2.44. The Morgan fingerprint density at radius 1 is 0.356 bits per heavy atom. The van der Waals surface area contributed by atoms with Gasteiger partial charge in [0, 0.05) is 48.9 Å². The molecule has 0 N–H and O–H groups in total. The van der Waals surface area contributed by atoms with E-state index >= 15 is 0 Å². The summed E-state index contributed by atoms with van der Waals surface area (Å²) in [5.41, 5.74) is 15.3. The molecule has 0 aliphatic carbocycles. The predicted molar refractivity (Wildman–Crippen MR) is 249 cm³/mol. The Hall–Kier alpha value is -7.53. The van der Waals surface area contributed by atoms with Crippen LogP contribution in [0.3, 0.4) is 0 Å². The first-order chi connectivity index (χ1) is 29.2. The Balaban J connectivity index is 1.03. The van der Waals surface area contributed by atoms with Gasteiger partial charge in [-0.25, -0.2) is 4.98 Å². The van der Waals surface area contributed by atoms with E-state index in [1.807, 2.05) is 30.3 Å². The number of nitrogens with zero attached hydrogens (tertiary/aromatic N) is 2. The Labute approximate surface area is 346 Å². The summed E-state index contributed by atoms with van der Waals surface area (Å²) >= 11 is 1.80. The molecule has 0 saturated carbocycles. The zero-order valence-electron chi connectivity index (χ0n) is 32.0. The van der Waals surface area contributed by atoms with Crippen LogP contribution >= 0.6 is 11.3 Å². The third kappa shape index (κ3) is 6.56. The SMILES string of the molecule is c1ccc(-c2ccc(N(c3cccc(-c4ccccc4)c3)c3ccc(-c4ccc5c(c4)sc4cc6oc(-c7ccccc7)nc6cc45)c(-c4ccccc4)c3)cc2)cc1. The Morgan fingerprint density at radius 2 is 0.915 bits per heavy atom. The summed E-state index contributed by atoms with van der Waals surface area (Å²) in [6.45, 7) is 0. The lowest BCUT2D eigenvalue weighted by molar-refractivity contribution is 0.620. The summed E-state index contributed by atoms with van der Waals surface area (Å²) in [5.74, 6) is 0.647. The van der Waals surface area contributed by atoms with Crippen molar-refractivity contribution in [2.24, 2.45) is 0 Å². The summed E-state index contributed by atoms with van der Waals surface area (Å²) in [4.78, 5) is 7.24. The Bertz CT molecular complexity index is 3250. The minimum Gasteiger partial charge on any atom is -0.436 e. The molecule has 4 heteroatoms. The average molecular weight is 773 g/mol. The van der Waals surface area contributed by atoms with E-state index in [0.717, 1.165) is 33.7 Å². The average Bonchev–Trinajstić information content (AvgIpc) is 3.90. The molecule has 278 valence electrons. The molecule has 2 heterocycles. The largest absolute Gasteiger partial charge is 0.436 e. The third-order valence-electron chi connectivity index (χ3n) is 11.1. The maximum atomic E-state index is 6.26. The first-order valence-corrected chi connectivity index (χ1v) is 20.7. The van der Waals surface area contributed by atoms with E-state index in [9.17, 15) is 0 Å². The van der Waals surface area contributed by atoms with Crippen molar-refractivity contribution in [3.63, 3.8) is 0 Å². The molecule has 0 aliphatic rings. The van der Waals surface area contributed by atoms with Crippen LogP contribution in [0, 0.1) is 0 Å². The second-order valence-electron chi connectivity index (χ2n) is 14.8. The number of hydrogen-bond donors (Lipinski definition) is 0. The van der Waals surface area contributed by atoms with Crippen molar-refractivity contribution < 1.29 is 4.42 Å². The van der Waals surface area contributed by atoms with Gasteiger partial charge in [-0.3, -0.25) is 0 Å². The summed E-state index contributed by atoms with van der Waals surface area (Å²) in [6, 6.07) is 77.9. The van der Waals surface area contributed by atoms with E-state index < -0.39 is 0 Å². The number of hydrogen-bond acceptors (Lipinski definition) is 4. The van der Waals surface area contributed by atoms with Gasteiger partial charge in [-0.05, 0) is 105 Å². The number of anilines is 3. The molecule has 0 unspecified atom stereocenters. The van der Waals surface area contributed by atoms with Gasteiger partial charge in [-0.15, -0.1) is 11.3 Å². The third-order valence-corrected chi connectivity index (χ3v) is 12.2. The molecule has 0 aliphatic heterocycles. The van der Waals surface area contributed by atoms with Gasteiger partial charge >= 0.3 is 0 Å². The highest BCUT2D eigenvalue weighted by molar-refractivity contribution is 7.25. The normalized spacial score (nSPS) is 11.4. The van der Waals surface area contributed by atoms with Gasteiger partial charge < -0.3 is 9.32 Å². The molecule has 0 amide bonds. The van der Waals surface area contributed by atoms with Crippen molar-refractivity contribution in [3.8, 4) is 56.0 Å². The summed E-state index contributed by atoms with van der Waals surface area (Å²) in [7, 11) is 0. The molecule has 0 saturated heterocycles. The molecule has 59 heavy (non-hydrogen) atoms. The summed E-state index contributed by atoms with van der Waals surface area (Å²) < 4.78 is 8.67. The smallest absolute Gasteiger partial charge is 0.227 e. The zero-order valence-corrected chi connectivity index (χ0v) is 32.8. The number of rotatable bonds is 8. The van der Waals surface area contributed by atoms with Gasteiger partial charge in [-0.2, -0.15) is 0 Å². The predicted octanol–water partition coefficient (Wildman–Crippen LogP) is 16.0. The van der Waals surface area contributed by atoms with Crippen LogP contribution < -0.4 is 4.90 Å². The van der Waals surface area contributed by atoms with Gasteiger partial charge in [-0.1, -0.05) is 152 Å². The number of thiophene rings is 1. The van der Waals surface area contributed by atoms with E-state index in [-0.39, 0.29) is 0 Å². The van der Waals surface area contributed by atoms with Gasteiger partial charge in [0.25, 0.3) is 0 Å². The maximum absolute atomic E-state index is 6.26. The van der Waals surface area contributed by atoms with Crippen molar-refractivity contribution in [3.05, 3.63) is 218 Å². The first-order valence-electron chi connectivity index (χ1n) is 19.9. The van der Waals surface area contributed by atoms with Gasteiger partial charge in [0.1, 0.15) is 5.52 Å². The van der Waals surface area contributed by atoms with Crippen molar-refractivity contribution in [1.82, 2.24) is 4.98 Å². The van der Waals surface area contributed by atoms with Crippen LogP contribution in [-0.4, -0.2) is 4.98 Å². The monoisotopic (exact) mass is 772 g/mol. The fraction of sp³-hybridized carbons (Fsp3) is 0. The van der Waals surface area contributed by atoms with Crippen LogP contribution in [0.2, 0.25) is 0 Å². The van der Waals surface area contributed by atoms with E-state index in [4.69, 9.17) is 9.40 Å². The molecular weight excluding hydrogens is 737 g/mol. The van der Waals surface area contributed by atoms with Gasteiger partial charge in [0.2, 0.25) is 5.89 Å². The first kappa shape index (κ1) is 34.7. The van der Waals surface area contributed by atoms with E-state index in [1.165, 1.54) is 64.7 Å². The van der Waals surface area contributed by atoms with Crippen LogP contribution in [0.1, 0.15) is 0 Å². The lowest BCUT2D eigenvalue weighted by Gasteiger charge is -2.27. The van der Waals surface area contributed by atoms with Gasteiger partial charge in [0.15, 0.2) is 5.58 Å². The van der Waals surface area contributed by atoms with Crippen molar-refractivity contribution >= 4 is 59.7 Å². The maximum Gasteiger partial charge on any atom is 0.227 e. The zero-order chi connectivity index (χ0) is 39.1. The van der Waals surface area contributed by atoms with E-state index in [0.29, 0.717) is 5.89 Å². The molecule has 0 radical (unpaired) electrons. The molecule has 11 rings (SSSR count). The highest BCUT2D eigenvalue weighted by atomic mass is 32.1. The standard InChI is InChI=1S/C55H36N2OS/c1-5-14-37(15-6-1)39-24-27-44(28-25-39)57(45-23-13-22-42(32-45)38-16-7-2-8-17-38)46-29-31-47(49(34-46)40-18-9-3-10-19-40)43-26-30-48-50-35-51-52(36-54(50)59-53(48)33-43)58-55(56-51)41-20-11-4-12-21-41/h1-36H. The highest BCUT2D eigenvalue weighted by Gasteiger charge is 2.19. The van der Waals surface area contributed by atoms with Crippen LogP contribution in [-0.2, 0) is 0 Å². The van der Waals surface area contributed by atoms with Crippen molar-refractivity contribution in [2.75, 3.05) is 4.90 Å². The fourth-order valence-corrected chi connectivity index (χ4v) is 9.34. The second-order valence-corrected chi connectivity index (χ2v) is 15.9. The molecule has 2 aromatic heterocycles. The Morgan fingerprint density at radius 3 is 1.63 bits per heavy atom. The molecule has 3 nitrogen and oxygen atoms in total. The molecular formula is C55H36N2OS.